The second-order valence-corrected chi connectivity index (χ2v) is 7.23. The second-order valence-electron chi connectivity index (χ2n) is 7.23. The molecule has 1 unspecified atom stereocenters. The summed E-state index contributed by atoms with van der Waals surface area (Å²) in [5.74, 6) is 1.14. The van der Waals surface area contributed by atoms with Crippen molar-refractivity contribution in [3.63, 3.8) is 0 Å². The number of amides is 1. The molecule has 1 atom stereocenters. The number of fused-ring (bicyclic) bond motifs is 1. The van der Waals surface area contributed by atoms with Gasteiger partial charge in [-0.25, -0.2) is 14.6 Å². The first-order valence-corrected chi connectivity index (χ1v) is 9.46. The van der Waals surface area contributed by atoms with Crippen molar-refractivity contribution < 1.29 is 4.79 Å². The lowest BCUT2D eigenvalue weighted by Crippen LogP contribution is -2.28. The number of nitrogens with one attached hydrogen (secondary N) is 2. The van der Waals surface area contributed by atoms with E-state index in [-0.39, 0.29) is 5.91 Å². The van der Waals surface area contributed by atoms with Gasteiger partial charge in [0.2, 0.25) is 5.91 Å². The van der Waals surface area contributed by atoms with E-state index in [1.165, 1.54) is 25.7 Å². The maximum Gasteiger partial charge on any atom is 0.220 e. The number of hydrogen-bond donors (Lipinski definition) is 2. The Labute approximate surface area is 147 Å². The predicted molar refractivity (Wildman–Crippen MR) is 95.1 cm³/mol. The molecule has 1 aliphatic carbocycles. The number of aromatic nitrogens is 4. The molecule has 25 heavy (non-hydrogen) atoms. The van der Waals surface area contributed by atoms with Crippen LogP contribution in [-0.2, 0) is 11.3 Å². The van der Waals surface area contributed by atoms with E-state index >= 15 is 0 Å². The molecule has 7 heteroatoms. The molecule has 0 aromatic carbocycles. The number of rotatable bonds is 6. The molecule has 2 aromatic heterocycles. The van der Waals surface area contributed by atoms with Crippen LogP contribution in [0.15, 0.2) is 12.4 Å². The summed E-state index contributed by atoms with van der Waals surface area (Å²) in [5.41, 5.74) is 2.74. The molecule has 1 saturated heterocycles. The Morgan fingerprint density at radius 2 is 2.08 bits per heavy atom. The molecule has 2 N–H and O–H groups in total. The van der Waals surface area contributed by atoms with E-state index in [0.29, 0.717) is 31.3 Å². The Hall–Kier alpha value is -2.02. The molecule has 1 amide bonds. The maximum atomic E-state index is 12.1. The average molecular weight is 342 g/mol. The van der Waals surface area contributed by atoms with E-state index in [1.54, 1.807) is 12.4 Å². The fraction of sp³-hybridized carbons (Fsp3) is 0.667. The Morgan fingerprint density at radius 1 is 1.24 bits per heavy atom. The molecular weight excluding hydrogens is 316 g/mol. The van der Waals surface area contributed by atoms with Gasteiger partial charge in [0.25, 0.3) is 0 Å². The first kappa shape index (κ1) is 16.4. The van der Waals surface area contributed by atoms with E-state index < -0.39 is 0 Å². The fourth-order valence-electron chi connectivity index (χ4n) is 4.09. The van der Waals surface area contributed by atoms with Crippen LogP contribution in [0.5, 0.6) is 0 Å². The Kier molecular flexibility index (Phi) is 4.92. The molecule has 0 spiro atoms. The predicted octanol–water partition coefficient (Wildman–Crippen LogP) is 1.60. The monoisotopic (exact) mass is 342 g/mol. The normalized spacial score (nSPS) is 21.2. The van der Waals surface area contributed by atoms with Crippen molar-refractivity contribution in [2.75, 3.05) is 19.6 Å². The zero-order valence-electron chi connectivity index (χ0n) is 14.6. The molecule has 134 valence electrons. The molecule has 1 saturated carbocycles. The maximum absolute atomic E-state index is 12.1. The van der Waals surface area contributed by atoms with E-state index in [1.807, 2.05) is 4.68 Å². The van der Waals surface area contributed by atoms with Gasteiger partial charge in [0.05, 0.1) is 12.2 Å². The van der Waals surface area contributed by atoms with Gasteiger partial charge < -0.3 is 10.6 Å². The number of carbonyl (C=O) groups is 1. The largest absolute Gasteiger partial charge is 0.354 e. The zero-order chi connectivity index (χ0) is 17.1. The van der Waals surface area contributed by atoms with Gasteiger partial charge in [0.15, 0.2) is 5.65 Å². The van der Waals surface area contributed by atoms with Crippen molar-refractivity contribution in [1.82, 2.24) is 30.4 Å². The van der Waals surface area contributed by atoms with Crippen molar-refractivity contribution in [3.05, 3.63) is 18.1 Å². The summed E-state index contributed by atoms with van der Waals surface area (Å²) in [5, 5.41) is 11.2. The van der Waals surface area contributed by atoms with Gasteiger partial charge in [-0.1, -0.05) is 12.8 Å². The van der Waals surface area contributed by atoms with Gasteiger partial charge in [-0.2, -0.15) is 5.10 Å². The minimum absolute atomic E-state index is 0.162. The van der Waals surface area contributed by atoms with Gasteiger partial charge in [-0.05, 0) is 31.7 Å². The molecule has 2 aromatic rings. The van der Waals surface area contributed by atoms with Gasteiger partial charge in [0, 0.05) is 37.8 Å². The van der Waals surface area contributed by atoms with E-state index in [9.17, 15) is 4.79 Å². The molecule has 0 bridgehead atoms. The van der Waals surface area contributed by atoms with Crippen LogP contribution < -0.4 is 10.6 Å². The topological polar surface area (TPSA) is 84.7 Å². The molecule has 3 heterocycles. The average Bonchev–Trinajstić information content (AvgIpc) is 3.36. The minimum atomic E-state index is 0.162. The van der Waals surface area contributed by atoms with Crippen LogP contribution >= 0.6 is 0 Å². The highest BCUT2D eigenvalue weighted by molar-refractivity contribution is 5.76. The van der Waals surface area contributed by atoms with Crippen LogP contribution in [0, 0.1) is 5.92 Å². The summed E-state index contributed by atoms with van der Waals surface area (Å²) >= 11 is 0. The van der Waals surface area contributed by atoms with Crippen molar-refractivity contribution in [1.29, 1.82) is 0 Å². The van der Waals surface area contributed by atoms with Crippen LogP contribution in [-0.4, -0.2) is 45.3 Å². The fourth-order valence-corrected chi connectivity index (χ4v) is 4.09. The van der Waals surface area contributed by atoms with Gasteiger partial charge in [0.1, 0.15) is 5.52 Å². The standard InChI is InChI=1S/C18H26N6O/c25-15(11-13-3-1-2-4-13)20-9-10-24-18-17(21-7-8-22-18)16(23-24)14-5-6-19-12-14/h7-8,13-14,19H,1-6,9-12H2,(H,20,25). The molecular formula is C18H26N6O. The summed E-state index contributed by atoms with van der Waals surface area (Å²) in [6, 6.07) is 0. The number of nitrogens with zero attached hydrogens (tertiary/aromatic N) is 4. The highest BCUT2D eigenvalue weighted by Crippen LogP contribution is 2.28. The highest BCUT2D eigenvalue weighted by Gasteiger charge is 2.24. The molecule has 7 nitrogen and oxygen atoms in total. The van der Waals surface area contributed by atoms with E-state index in [2.05, 4.69) is 20.6 Å². The zero-order valence-corrected chi connectivity index (χ0v) is 14.6. The van der Waals surface area contributed by atoms with Gasteiger partial charge in [-0.3, -0.25) is 4.79 Å². The summed E-state index contributed by atoms with van der Waals surface area (Å²) in [6.07, 6.45) is 10.1. The Balaban J connectivity index is 1.40. The highest BCUT2D eigenvalue weighted by atomic mass is 16.1. The third-order valence-corrected chi connectivity index (χ3v) is 5.44. The molecule has 2 aliphatic rings. The van der Waals surface area contributed by atoms with Crippen LogP contribution in [0.25, 0.3) is 11.2 Å². The lowest BCUT2D eigenvalue weighted by molar-refractivity contribution is -0.122. The van der Waals surface area contributed by atoms with Crippen LogP contribution in [0.2, 0.25) is 0 Å². The SMILES string of the molecule is O=C(CC1CCCC1)NCCn1nc(C2CCNC2)c2nccnc21. The first-order chi connectivity index (χ1) is 12.3. The summed E-state index contributed by atoms with van der Waals surface area (Å²) < 4.78 is 1.89. The van der Waals surface area contributed by atoms with Crippen LogP contribution in [0.3, 0.4) is 0 Å². The van der Waals surface area contributed by atoms with Crippen molar-refractivity contribution >= 4 is 17.1 Å². The molecule has 2 fully saturated rings. The minimum Gasteiger partial charge on any atom is -0.354 e. The first-order valence-electron chi connectivity index (χ1n) is 9.46. The molecule has 0 radical (unpaired) electrons. The third-order valence-electron chi connectivity index (χ3n) is 5.44. The van der Waals surface area contributed by atoms with Gasteiger partial charge >= 0.3 is 0 Å². The summed E-state index contributed by atoms with van der Waals surface area (Å²) in [4.78, 5) is 21.0. The Morgan fingerprint density at radius 3 is 2.88 bits per heavy atom. The van der Waals surface area contributed by atoms with E-state index in [0.717, 1.165) is 36.4 Å². The lowest BCUT2D eigenvalue weighted by atomic mass is 10.0. The van der Waals surface area contributed by atoms with Crippen LogP contribution in [0.4, 0.5) is 0 Å². The Bertz CT molecular complexity index is 730. The number of hydrogen-bond acceptors (Lipinski definition) is 5. The van der Waals surface area contributed by atoms with E-state index in [4.69, 9.17) is 5.10 Å². The smallest absolute Gasteiger partial charge is 0.220 e. The number of carbonyl (C=O) groups excluding carboxylic acids is 1. The van der Waals surface area contributed by atoms with Crippen LogP contribution in [0.1, 0.15) is 50.1 Å². The second kappa shape index (κ2) is 7.47. The molecule has 4 rings (SSSR count). The summed E-state index contributed by atoms with van der Waals surface area (Å²) in [7, 11) is 0. The van der Waals surface area contributed by atoms with Crippen molar-refractivity contribution in [3.8, 4) is 0 Å². The molecule has 1 aliphatic heterocycles. The van der Waals surface area contributed by atoms with Crippen molar-refractivity contribution in [2.45, 2.75) is 51.0 Å². The van der Waals surface area contributed by atoms with Crippen molar-refractivity contribution in [2.24, 2.45) is 5.92 Å². The third kappa shape index (κ3) is 3.66. The summed E-state index contributed by atoms with van der Waals surface area (Å²) in [6.45, 7) is 3.18. The van der Waals surface area contributed by atoms with Gasteiger partial charge in [-0.15, -0.1) is 0 Å². The quantitative estimate of drug-likeness (QED) is 0.833. The lowest BCUT2D eigenvalue weighted by Gasteiger charge is -2.09.